The monoisotopic (exact) mass is 331 g/mol. The summed E-state index contributed by atoms with van der Waals surface area (Å²) in [6.45, 7) is 5.63. The number of aryl methyl sites for hydroxylation is 1. The molecule has 5 nitrogen and oxygen atoms in total. The summed E-state index contributed by atoms with van der Waals surface area (Å²) < 4.78 is 49.2. The summed E-state index contributed by atoms with van der Waals surface area (Å²) in [5.74, 6) is -0.436. The Labute approximate surface area is 126 Å². The van der Waals surface area contributed by atoms with Crippen molar-refractivity contribution >= 4 is 19.7 Å². The van der Waals surface area contributed by atoms with Gasteiger partial charge in [-0.05, 0) is 19.1 Å². The molecule has 1 fully saturated rings. The highest BCUT2D eigenvalue weighted by Gasteiger charge is 2.45. The Morgan fingerprint density at radius 2 is 1.71 bits per heavy atom. The van der Waals surface area contributed by atoms with E-state index in [2.05, 4.69) is 5.32 Å². The molecular formula is C14H21NO4S2. The Morgan fingerprint density at radius 3 is 2.24 bits per heavy atom. The van der Waals surface area contributed by atoms with Gasteiger partial charge in [0.2, 0.25) is 0 Å². The van der Waals surface area contributed by atoms with Gasteiger partial charge in [0.05, 0.1) is 21.7 Å². The van der Waals surface area contributed by atoms with Gasteiger partial charge in [-0.15, -0.1) is 0 Å². The van der Waals surface area contributed by atoms with E-state index in [1.807, 2.05) is 20.8 Å². The van der Waals surface area contributed by atoms with Crippen molar-refractivity contribution in [1.82, 2.24) is 5.32 Å². The number of sulfone groups is 2. The Kier molecular flexibility index (Phi) is 4.46. The zero-order chi connectivity index (χ0) is 15.8. The van der Waals surface area contributed by atoms with Crippen LogP contribution in [0.1, 0.15) is 19.4 Å². The first-order valence-electron chi connectivity index (χ1n) is 6.89. The Balaban J connectivity index is 2.39. The molecule has 0 aromatic heterocycles. The summed E-state index contributed by atoms with van der Waals surface area (Å²) in [4.78, 5) is 0.186. The molecule has 0 bridgehead atoms. The quantitative estimate of drug-likeness (QED) is 0.888. The smallest absolute Gasteiger partial charge is 0.183 e. The fourth-order valence-electron chi connectivity index (χ4n) is 2.61. The molecule has 118 valence electrons. The van der Waals surface area contributed by atoms with Crippen molar-refractivity contribution < 1.29 is 16.8 Å². The normalized spacial score (nSPS) is 25.3. The highest BCUT2D eigenvalue weighted by Crippen LogP contribution is 2.26. The third-order valence-electron chi connectivity index (χ3n) is 3.60. The minimum atomic E-state index is -3.66. The van der Waals surface area contributed by atoms with Gasteiger partial charge in [0.1, 0.15) is 0 Å². The van der Waals surface area contributed by atoms with Crippen molar-refractivity contribution in [2.75, 3.05) is 11.5 Å². The zero-order valence-corrected chi connectivity index (χ0v) is 14.0. The van der Waals surface area contributed by atoms with E-state index in [4.69, 9.17) is 0 Å². The van der Waals surface area contributed by atoms with Gasteiger partial charge in [0, 0.05) is 12.1 Å². The van der Waals surface area contributed by atoms with Gasteiger partial charge in [-0.3, -0.25) is 0 Å². The highest BCUT2D eigenvalue weighted by atomic mass is 32.2. The van der Waals surface area contributed by atoms with Crippen LogP contribution in [0.3, 0.4) is 0 Å². The van der Waals surface area contributed by atoms with E-state index in [9.17, 15) is 16.8 Å². The van der Waals surface area contributed by atoms with E-state index in [1.54, 1.807) is 24.3 Å². The van der Waals surface area contributed by atoms with Crippen molar-refractivity contribution in [3.8, 4) is 0 Å². The molecule has 0 spiro atoms. The van der Waals surface area contributed by atoms with E-state index < -0.39 is 31.0 Å². The van der Waals surface area contributed by atoms with Crippen molar-refractivity contribution in [2.24, 2.45) is 0 Å². The number of nitrogens with one attached hydrogen (secondary N) is 1. The van der Waals surface area contributed by atoms with Crippen LogP contribution >= 0.6 is 0 Å². The highest BCUT2D eigenvalue weighted by molar-refractivity contribution is 7.96. The van der Waals surface area contributed by atoms with Crippen molar-refractivity contribution in [3.05, 3.63) is 29.8 Å². The SMILES string of the molecule is Cc1ccc(S(=O)(=O)[C@H]2CS(=O)(=O)C[C@@H]2NC(C)C)cc1. The third kappa shape index (κ3) is 3.64. The summed E-state index contributed by atoms with van der Waals surface area (Å²) in [6, 6.07) is 6.01. The van der Waals surface area contributed by atoms with E-state index in [0.717, 1.165) is 5.56 Å². The minimum absolute atomic E-state index is 0.0269. The topological polar surface area (TPSA) is 80.3 Å². The largest absolute Gasteiger partial charge is 0.309 e. The van der Waals surface area contributed by atoms with E-state index >= 15 is 0 Å². The molecular weight excluding hydrogens is 310 g/mol. The molecule has 7 heteroatoms. The standard InChI is InChI=1S/C14H21NO4S2/c1-10(2)15-13-8-20(16,17)9-14(13)21(18,19)12-6-4-11(3)5-7-12/h4-7,10,13-15H,8-9H2,1-3H3/t13-,14-/m0/s1. The summed E-state index contributed by atoms with van der Waals surface area (Å²) in [5.41, 5.74) is 0.963. The first-order chi connectivity index (χ1) is 9.62. The van der Waals surface area contributed by atoms with E-state index in [1.165, 1.54) is 0 Å². The van der Waals surface area contributed by atoms with Gasteiger partial charge in [0.25, 0.3) is 0 Å². The van der Waals surface area contributed by atoms with Crippen LogP contribution in [0.15, 0.2) is 29.2 Å². The van der Waals surface area contributed by atoms with Crippen molar-refractivity contribution in [2.45, 2.75) is 43.0 Å². The molecule has 1 N–H and O–H groups in total. The van der Waals surface area contributed by atoms with Crippen LogP contribution in [0.4, 0.5) is 0 Å². The molecule has 1 saturated heterocycles. The van der Waals surface area contributed by atoms with Crippen LogP contribution in [0, 0.1) is 6.92 Å². The second-order valence-electron chi connectivity index (χ2n) is 5.90. The van der Waals surface area contributed by atoms with Gasteiger partial charge < -0.3 is 5.32 Å². The van der Waals surface area contributed by atoms with Crippen LogP contribution in [0.25, 0.3) is 0 Å². The van der Waals surface area contributed by atoms with Gasteiger partial charge in [-0.2, -0.15) is 0 Å². The van der Waals surface area contributed by atoms with Gasteiger partial charge >= 0.3 is 0 Å². The minimum Gasteiger partial charge on any atom is -0.309 e. The van der Waals surface area contributed by atoms with E-state index in [0.29, 0.717) is 0 Å². The van der Waals surface area contributed by atoms with Gasteiger partial charge in [-0.1, -0.05) is 31.5 Å². The van der Waals surface area contributed by atoms with Crippen LogP contribution < -0.4 is 5.32 Å². The molecule has 0 saturated carbocycles. The molecule has 2 rings (SSSR count). The lowest BCUT2D eigenvalue weighted by atomic mass is 10.2. The lowest BCUT2D eigenvalue weighted by Gasteiger charge is -2.22. The number of benzene rings is 1. The molecule has 2 atom stereocenters. The Morgan fingerprint density at radius 1 is 1.14 bits per heavy atom. The third-order valence-corrected chi connectivity index (χ3v) is 7.76. The Hall–Kier alpha value is -0.920. The second-order valence-corrected chi connectivity index (χ2v) is 10.2. The zero-order valence-electron chi connectivity index (χ0n) is 12.4. The molecule has 0 amide bonds. The number of hydrogen-bond donors (Lipinski definition) is 1. The van der Waals surface area contributed by atoms with Gasteiger partial charge in [0.15, 0.2) is 19.7 Å². The molecule has 0 radical (unpaired) electrons. The summed E-state index contributed by atoms with van der Waals surface area (Å²) in [7, 11) is -6.99. The fourth-order valence-corrected chi connectivity index (χ4v) is 7.28. The summed E-state index contributed by atoms with van der Waals surface area (Å²) >= 11 is 0. The molecule has 1 aromatic rings. The maximum absolute atomic E-state index is 12.7. The van der Waals surface area contributed by atoms with Crippen LogP contribution in [0.5, 0.6) is 0 Å². The lowest BCUT2D eigenvalue weighted by Crippen LogP contribution is -2.46. The van der Waals surface area contributed by atoms with Gasteiger partial charge in [-0.25, -0.2) is 16.8 Å². The fraction of sp³-hybridized carbons (Fsp3) is 0.571. The predicted octanol–water partition coefficient (Wildman–Crippen LogP) is 0.932. The van der Waals surface area contributed by atoms with E-state index in [-0.39, 0.29) is 22.4 Å². The molecule has 1 aromatic carbocycles. The van der Waals surface area contributed by atoms with Crippen LogP contribution in [-0.4, -0.2) is 45.7 Å². The molecule has 0 unspecified atom stereocenters. The van der Waals surface area contributed by atoms with Crippen molar-refractivity contribution in [1.29, 1.82) is 0 Å². The molecule has 0 aliphatic carbocycles. The van der Waals surface area contributed by atoms with Crippen LogP contribution in [0.2, 0.25) is 0 Å². The maximum Gasteiger partial charge on any atom is 0.183 e. The predicted molar refractivity (Wildman–Crippen MR) is 82.9 cm³/mol. The molecule has 1 aliphatic heterocycles. The summed E-state index contributed by atoms with van der Waals surface area (Å²) in [5, 5.41) is 2.15. The average molecular weight is 331 g/mol. The molecule has 1 aliphatic rings. The summed E-state index contributed by atoms with van der Waals surface area (Å²) in [6.07, 6.45) is 0. The average Bonchev–Trinajstić information content (AvgIpc) is 2.64. The first-order valence-corrected chi connectivity index (χ1v) is 10.3. The first kappa shape index (κ1) is 16.5. The molecule has 21 heavy (non-hydrogen) atoms. The van der Waals surface area contributed by atoms with Crippen molar-refractivity contribution in [3.63, 3.8) is 0 Å². The number of rotatable bonds is 4. The number of hydrogen-bond acceptors (Lipinski definition) is 5. The molecule has 1 heterocycles. The second kappa shape index (κ2) is 5.70. The maximum atomic E-state index is 12.7. The Bertz CT molecular complexity index is 706. The lowest BCUT2D eigenvalue weighted by molar-refractivity contribution is 0.484. The van der Waals surface area contributed by atoms with Crippen LogP contribution in [-0.2, 0) is 19.7 Å².